The van der Waals surface area contributed by atoms with Crippen molar-refractivity contribution in [3.63, 3.8) is 0 Å². The Bertz CT molecular complexity index is 477. The summed E-state index contributed by atoms with van der Waals surface area (Å²) in [6.07, 6.45) is -3.52. The standard InChI is InChI=1S/C6H3F3N4S/c7-6(8,9)4-11-1-2-3(13-4)14-5(10)12-2/h1H,(H2,10,12). The van der Waals surface area contributed by atoms with Crippen LogP contribution in [0.4, 0.5) is 18.3 Å². The van der Waals surface area contributed by atoms with Crippen LogP contribution in [0.1, 0.15) is 5.82 Å². The highest BCUT2D eigenvalue weighted by Crippen LogP contribution is 2.28. The van der Waals surface area contributed by atoms with Gasteiger partial charge in [0.25, 0.3) is 0 Å². The number of aromatic nitrogens is 3. The quantitative estimate of drug-likeness (QED) is 0.733. The average molecular weight is 220 g/mol. The summed E-state index contributed by atoms with van der Waals surface area (Å²) < 4.78 is 36.5. The summed E-state index contributed by atoms with van der Waals surface area (Å²) in [5, 5.41) is 0.175. The van der Waals surface area contributed by atoms with Crippen LogP contribution in [-0.2, 0) is 6.18 Å². The second kappa shape index (κ2) is 2.77. The molecule has 0 fully saturated rings. The number of thiazole rings is 1. The maximum atomic E-state index is 12.2. The van der Waals surface area contributed by atoms with E-state index in [1.54, 1.807) is 0 Å². The van der Waals surface area contributed by atoms with E-state index in [4.69, 9.17) is 5.73 Å². The van der Waals surface area contributed by atoms with Gasteiger partial charge in [0.15, 0.2) is 5.13 Å². The predicted molar refractivity (Wildman–Crippen MR) is 44.6 cm³/mol. The van der Waals surface area contributed by atoms with Gasteiger partial charge in [-0.3, -0.25) is 0 Å². The first-order chi connectivity index (χ1) is 6.47. The molecule has 0 aromatic carbocycles. The second-order valence-corrected chi connectivity index (χ2v) is 3.44. The molecular formula is C6H3F3N4S. The number of hydrogen-bond acceptors (Lipinski definition) is 5. The van der Waals surface area contributed by atoms with Crippen LogP contribution in [-0.4, -0.2) is 15.0 Å². The number of alkyl halides is 3. The molecule has 74 valence electrons. The molecule has 0 radical (unpaired) electrons. The third-order valence-corrected chi connectivity index (χ3v) is 2.22. The fourth-order valence-electron chi connectivity index (χ4n) is 0.889. The fraction of sp³-hybridized carbons (Fsp3) is 0.167. The third kappa shape index (κ3) is 1.48. The zero-order valence-corrected chi connectivity index (χ0v) is 7.35. The van der Waals surface area contributed by atoms with E-state index < -0.39 is 12.0 Å². The van der Waals surface area contributed by atoms with Crippen molar-refractivity contribution in [2.24, 2.45) is 0 Å². The summed E-state index contributed by atoms with van der Waals surface area (Å²) in [5.41, 5.74) is 5.59. The van der Waals surface area contributed by atoms with Gasteiger partial charge in [0, 0.05) is 0 Å². The number of nitrogens with zero attached hydrogens (tertiary/aromatic N) is 3. The number of rotatable bonds is 0. The minimum Gasteiger partial charge on any atom is -0.375 e. The van der Waals surface area contributed by atoms with Crippen molar-refractivity contribution in [3.8, 4) is 0 Å². The van der Waals surface area contributed by atoms with Gasteiger partial charge < -0.3 is 5.73 Å². The first kappa shape index (κ1) is 9.13. The van der Waals surface area contributed by atoms with Gasteiger partial charge >= 0.3 is 6.18 Å². The van der Waals surface area contributed by atoms with Crippen LogP contribution in [0, 0.1) is 0 Å². The molecule has 2 aromatic rings. The van der Waals surface area contributed by atoms with Crippen LogP contribution >= 0.6 is 11.3 Å². The molecule has 0 spiro atoms. The molecule has 8 heteroatoms. The van der Waals surface area contributed by atoms with Gasteiger partial charge in [0.2, 0.25) is 5.82 Å². The largest absolute Gasteiger partial charge is 0.451 e. The lowest BCUT2D eigenvalue weighted by molar-refractivity contribution is -0.144. The van der Waals surface area contributed by atoms with E-state index in [2.05, 4.69) is 15.0 Å². The highest BCUT2D eigenvalue weighted by atomic mass is 32.1. The van der Waals surface area contributed by atoms with E-state index in [-0.39, 0.29) is 15.5 Å². The average Bonchev–Trinajstić information content (AvgIpc) is 2.41. The Morgan fingerprint density at radius 3 is 2.64 bits per heavy atom. The van der Waals surface area contributed by atoms with E-state index in [9.17, 15) is 13.2 Å². The highest BCUT2D eigenvalue weighted by molar-refractivity contribution is 7.21. The molecule has 2 N–H and O–H groups in total. The number of nitrogens with two attached hydrogens (primary N) is 1. The van der Waals surface area contributed by atoms with Gasteiger partial charge in [-0.05, 0) is 0 Å². The number of fused-ring (bicyclic) bond motifs is 1. The van der Waals surface area contributed by atoms with Gasteiger partial charge in [-0.1, -0.05) is 11.3 Å². The molecule has 0 aliphatic rings. The highest BCUT2D eigenvalue weighted by Gasteiger charge is 2.34. The van der Waals surface area contributed by atoms with Gasteiger partial charge in [0.05, 0.1) is 6.20 Å². The van der Waals surface area contributed by atoms with Gasteiger partial charge in [0.1, 0.15) is 10.3 Å². The Kier molecular flexibility index (Phi) is 1.81. The molecule has 0 saturated carbocycles. The molecule has 4 nitrogen and oxygen atoms in total. The smallest absolute Gasteiger partial charge is 0.375 e. The molecule has 0 bridgehead atoms. The Morgan fingerprint density at radius 1 is 1.29 bits per heavy atom. The van der Waals surface area contributed by atoms with Gasteiger partial charge in [-0.2, -0.15) is 13.2 Å². The van der Waals surface area contributed by atoms with Crippen LogP contribution in [0.25, 0.3) is 10.3 Å². The van der Waals surface area contributed by atoms with E-state index in [1.165, 1.54) is 0 Å². The Labute approximate surface area is 79.6 Å². The molecule has 0 saturated heterocycles. The Balaban J connectivity index is 2.62. The number of hydrogen-bond donors (Lipinski definition) is 1. The second-order valence-electron chi connectivity index (χ2n) is 2.43. The molecule has 14 heavy (non-hydrogen) atoms. The van der Waals surface area contributed by atoms with Crippen molar-refractivity contribution in [1.29, 1.82) is 0 Å². The van der Waals surface area contributed by atoms with Crippen molar-refractivity contribution >= 4 is 26.8 Å². The van der Waals surface area contributed by atoms with Crippen LogP contribution in [0.15, 0.2) is 6.20 Å². The minimum absolute atomic E-state index is 0.143. The third-order valence-electron chi connectivity index (χ3n) is 1.42. The molecule has 0 atom stereocenters. The predicted octanol–water partition coefficient (Wildman–Crippen LogP) is 1.69. The van der Waals surface area contributed by atoms with Gasteiger partial charge in [-0.25, -0.2) is 15.0 Å². The van der Waals surface area contributed by atoms with E-state index in [0.29, 0.717) is 0 Å². The van der Waals surface area contributed by atoms with Crippen LogP contribution in [0.2, 0.25) is 0 Å². The first-order valence-corrected chi connectivity index (χ1v) is 4.25. The monoisotopic (exact) mass is 220 g/mol. The minimum atomic E-state index is -4.53. The normalized spacial score (nSPS) is 12.2. The molecule has 2 rings (SSSR count). The molecule has 2 heterocycles. The summed E-state index contributed by atoms with van der Waals surface area (Å²) in [5.74, 6) is -1.17. The Morgan fingerprint density at radius 2 is 2.00 bits per heavy atom. The summed E-state index contributed by atoms with van der Waals surface area (Å²) in [6.45, 7) is 0. The maximum Gasteiger partial charge on any atom is 0.451 e. The van der Waals surface area contributed by atoms with Crippen molar-refractivity contribution in [2.45, 2.75) is 6.18 Å². The summed E-state index contributed by atoms with van der Waals surface area (Å²) in [7, 11) is 0. The van der Waals surface area contributed by atoms with Crippen LogP contribution in [0.3, 0.4) is 0 Å². The summed E-state index contributed by atoms with van der Waals surface area (Å²) in [6, 6.07) is 0. The van der Waals surface area contributed by atoms with E-state index in [0.717, 1.165) is 17.5 Å². The topological polar surface area (TPSA) is 64.7 Å². The summed E-state index contributed by atoms with van der Waals surface area (Å²) >= 11 is 0.898. The number of anilines is 1. The Hall–Kier alpha value is -1.44. The van der Waals surface area contributed by atoms with Crippen molar-refractivity contribution in [3.05, 3.63) is 12.0 Å². The van der Waals surface area contributed by atoms with Crippen LogP contribution < -0.4 is 5.73 Å². The molecule has 0 aliphatic carbocycles. The molecular weight excluding hydrogens is 217 g/mol. The van der Waals surface area contributed by atoms with Crippen molar-refractivity contribution in [1.82, 2.24) is 15.0 Å². The zero-order valence-electron chi connectivity index (χ0n) is 6.54. The number of nitrogen functional groups attached to an aromatic ring is 1. The van der Waals surface area contributed by atoms with Crippen LogP contribution in [0.5, 0.6) is 0 Å². The lowest BCUT2D eigenvalue weighted by atomic mass is 10.5. The first-order valence-electron chi connectivity index (χ1n) is 3.43. The SMILES string of the molecule is Nc1nc2cnc(C(F)(F)F)nc2s1. The fourth-order valence-corrected chi connectivity index (χ4v) is 1.57. The lowest BCUT2D eigenvalue weighted by Gasteiger charge is -2.02. The van der Waals surface area contributed by atoms with Gasteiger partial charge in [-0.15, -0.1) is 0 Å². The molecule has 0 unspecified atom stereocenters. The molecule has 0 aliphatic heterocycles. The molecule has 0 amide bonds. The van der Waals surface area contributed by atoms with Crippen molar-refractivity contribution < 1.29 is 13.2 Å². The van der Waals surface area contributed by atoms with Crippen molar-refractivity contribution in [2.75, 3.05) is 5.73 Å². The zero-order chi connectivity index (χ0) is 10.3. The van der Waals surface area contributed by atoms with E-state index >= 15 is 0 Å². The number of halogens is 3. The lowest BCUT2D eigenvalue weighted by Crippen LogP contribution is -2.10. The molecule has 2 aromatic heterocycles. The maximum absolute atomic E-state index is 12.2. The van der Waals surface area contributed by atoms with E-state index in [1.807, 2.05) is 0 Å². The summed E-state index contributed by atoms with van der Waals surface area (Å²) in [4.78, 5) is 10.3.